The van der Waals surface area contributed by atoms with Crippen molar-refractivity contribution in [1.82, 2.24) is 0 Å². The largest absolute Gasteiger partial charge is 0.330 e. The average molecular weight is 249 g/mol. The Morgan fingerprint density at radius 3 is 2.56 bits per heavy atom. The molecule has 2 N–H and O–H groups in total. The number of nitrogens with two attached hydrogens (primary N) is 1. The first-order valence-corrected chi connectivity index (χ1v) is 7.20. The van der Waals surface area contributed by atoms with Crippen LogP contribution in [0.15, 0.2) is 24.3 Å². The van der Waals surface area contributed by atoms with Gasteiger partial charge in [0.2, 0.25) is 0 Å². The van der Waals surface area contributed by atoms with E-state index in [1.165, 1.54) is 37.7 Å². The molecular weight excluding hydrogens is 225 g/mol. The van der Waals surface area contributed by atoms with Gasteiger partial charge in [-0.25, -0.2) is 4.39 Å². The monoisotopic (exact) mass is 249 g/mol. The summed E-state index contributed by atoms with van der Waals surface area (Å²) in [4.78, 5) is 0. The van der Waals surface area contributed by atoms with E-state index in [9.17, 15) is 4.39 Å². The third-order valence-corrected chi connectivity index (χ3v) is 4.40. The van der Waals surface area contributed by atoms with E-state index in [1.807, 2.05) is 12.1 Å². The van der Waals surface area contributed by atoms with Gasteiger partial charge in [-0.2, -0.15) is 0 Å². The van der Waals surface area contributed by atoms with Gasteiger partial charge in [0.15, 0.2) is 0 Å². The third-order valence-electron chi connectivity index (χ3n) is 4.40. The quantitative estimate of drug-likeness (QED) is 0.854. The molecule has 1 fully saturated rings. The molecule has 1 aromatic carbocycles. The van der Waals surface area contributed by atoms with Crippen LogP contribution in [0.25, 0.3) is 0 Å². The second kappa shape index (κ2) is 6.33. The molecular formula is C16H24FN. The summed E-state index contributed by atoms with van der Waals surface area (Å²) in [6, 6.07) is 7.03. The fourth-order valence-corrected chi connectivity index (χ4v) is 3.39. The molecule has 2 rings (SSSR count). The predicted octanol–water partition coefficient (Wildman–Crippen LogP) is 4.08. The van der Waals surface area contributed by atoms with Crippen LogP contribution in [0, 0.1) is 17.7 Å². The van der Waals surface area contributed by atoms with Crippen LogP contribution in [0.3, 0.4) is 0 Å². The molecule has 0 aliphatic heterocycles. The molecule has 1 nitrogen and oxygen atoms in total. The summed E-state index contributed by atoms with van der Waals surface area (Å²) < 4.78 is 13.0. The van der Waals surface area contributed by atoms with Crippen molar-refractivity contribution in [2.24, 2.45) is 17.6 Å². The molecule has 3 unspecified atom stereocenters. The van der Waals surface area contributed by atoms with Crippen LogP contribution in [0.5, 0.6) is 0 Å². The van der Waals surface area contributed by atoms with Crippen molar-refractivity contribution in [3.05, 3.63) is 35.6 Å². The van der Waals surface area contributed by atoms with E-state index in [4.69, 9.17) is 5.73 Å². The second-order valence-corrected chi connectivity index (χ2v) is 5.62. The molecule has 3 atom stereocenters. The Morgan fingerprint density at radius 2 is 1.94 bits per heavy atom. The smallest absolute Gasteiger partial charge is 0.123 e. The van der Waals surface area contributed by atoms with E-state index in [2.05, 4.69) is 6.92 Å². The lowest BCUT2D eigenvalue weighted by molar-refractivity contribution is 0.230. The van der Waals surface area contributed by atoms with Gasteiger partial charge >= 0.3 is 0 Å². The molecule has 2 heteroatoms. The molecule has 0 radical (unpaired) electrons. The van der Waals surface area contributed by atoms with E-state index in [0.29, 0.717) is 11.8 Å². The summed E-state index contributed by atoms with van der Waals surface area (Å²) in [6.45, 7) is 3.00. The number of hydrogen-bond acceptors (Lipinski definition) is 1. The molecule has 0 aromatic heterocycles. The van der Waals surface area contributed by atoms with Gasteiger partial charge < -0.3 is 5.73 Å². The van der Waals surface area contributed by atoms with Crippen molar-refractivity contribution in [2.45, 2.75) is 44.9 Å². The van der Waals surface area contributed by atoms with E-state index >= 15 is 0 Å². The van der Waals surface area contributed by atoms with Gasteiger partial charge in [-0.05, 0) is 54.8 Å². The summed E-state index contributed by atoms with van der Waals surface area (Å²) in [5, 5.41) is 0. The zero-order valence-electron chi connectivity index (χ0n) is 11.2. The van der Waals surface area contributed by atoms with E-state index in [0.717, 1.165) is 12.5 Å². The fourth-order valence-electron chi connectivity index (χ4n) is 3.39. The molecule has 18 heavy (non-hydrogen) atoms. The standard InChI is InChI=1S/C16H24FN/c1-2-3-12-4-5-14(11-18)16(10-12)13-6-8-15(17)9-7-13/h6-9,12,14,16H,2-5,10-11,18H2,1H3. The van der Waals surface area contributed by atoms with Gasteiger partial charge in [-0.3, -0.25) is 0 Å². The zero-order valence-corrected chi connectivity index (χ0v) is 11.2. The molecule has 0 bridgehead atoms. The summed E-state index contributed by atoms with van der Waals surface area (Å²) >= 11 is 0. The van der Waals surface area contributed by atoms with Gasteiger partial charge in [0.25, 0.3) is 0 Å². The van der Waals surface area contributed by atoms with Crippen LogP contribution in [0.2, 0.25) is 0 Å². The van der Waals surface area contributed by atoms with E-state index < -0.39 is 0 Å². The highest BCUT2D eigenvalue weighted by Crippen LogP contribution is 2.41. The summed E-state index contributed by atoms with van der Waals surface area (Å²) in [6.07, 6.45) is 6.33. The SMILES string of the molecule is CCCC1CCC(CN)C(c2ccc(F)cc2)C1. The minimum atomic E-state index is -0.149. The maximum Gasteiger partial charge on any atom is 0.123 e. The van der Waals surface area contributed by atoms with Crippen LogP contribution >= 0.6 is 0 Å². The van der Waals surface area contributed by atoms with Crippen molar-refractivity contribution >= 4 is 0 Å². The summed E-state index contributed by atoms with van der Waals surface area (Å²) in [7, 11) is 0. The molecule has 1 aromatic rings. The highest BCUT2D eigenvalue weighted by molar-refractivity contribution is 5.22. The van der Waals surface area contributed by atoms with Gasteiger partial charge in [0, 0.05) is 0 Å². The first kappa shape index (κ1) is 13.5. The topological polar surface area (TPSA) is 26.0 Å². The number of halogens is 1. The second-order valence-electron chi connectivity index (χ2n) is 5.62. The van der Waals surface area contributed by atoms with Gasteiger partial charge in [-0.15, -0.1) is 0 Å². The minimum Gasteiger partial charge on any atom is -0.330 e. The van der Waals surface area contributed by atoms with Crippen molar-refractivity contribution < 1.29 is 4.39 Å². The lowest BCUT2D eigenvalue weighted by Gasteiger charge is -2.36. The lowest BCUT2D eigenvalue weighted by Crippen LogP contribution is -2.29. The Labute approximate surface area is 110 Å². The van der Waals surface area contributed by atoms with Crippen molar-refractivity contribution in [1.29, 1.82) is 0 Å². The Hall–Kier alpha value is -0.890. The van der Waals surface area contributed by atoms with Crippen LogP contribution < -0.4 is 5.73 Å². The van der Waals surface area contributed by atoms with E-state index in [1.54, 1.807) is 12.1 Å². The fraction of sp³-hybridized carbons (Fsp3) is 0.625. The minimum absolute atomic E-state index is 0.149. The van der Waals surface area contributed by atoms with E-state index in [-0.39, 0.29) is 5.82 Å². The normalized spacial score (nSPS) is 28.3. The highest BCUT2D eigenvalue weighted by atomic mass is 19.1. The lowest BCUT2D eigenvalue weighted by atomic mass is 9.70. The maximum absolute atomic E-state index is 13.0. The van der Waals surface area contributed by atoms with Crippen molar-refractivity contribution in [3.8, 4) is 0 Å². The summed E-state index contributed by atoms with van der Waals surface area (Å²) in [5.74, 6) is 1.78. The molecule has 1 aliphatic rings. The molecule has 1 aliphatic carbocycles. The zero-order chi connectivity index (χ0) is 13.0. The van der Waals surface area contributed by atoms with Crippen LogP contribution in [0.4, 0.5) is 4.39 Å². The molecule has 0 heterocycles. The van der Waals surface area contributed by atoms with Crippen molar-refractivity contribution in [3.63, 3.8) is 0 Å². The maximum atomic E-state index is 13.0. The highest BCUT2D eigenvalue weighted by Gasteiger charge is 2.30. The van der Waals surface area contributed by atoms with Gasteiger partial charge in [0.05, 0.1) is 0 Å². The number of benzene rings is 1. The third kappa shape index (κ3) is 3.11. The molecule has 0 spiro atoms. The first-order valence-electron chi connectivity index (χ1n) is 7.20. The Bertz CT molecular complexity index is 360. The first-order chi connectivity index (χ1) is 8.74. The molecule has 1 saturated carbocycles. The molecule has 0 saturated heterocycles. The van der Waals surface area contributed by atoms with Crippen LogP contribution in [0.1, 0.15) is 50.5 Å². The van der Waals surface area contributed by atoms with Crippen LogP contribution in [-0.4, -0.2) is 6.54 Å². The Kier molecular flexibility index (Phi) is 4.76. The average Bonchev–Trinajstić information content (AvgIpc) is 2.40. The Balaban J connectivity index is 2.12. The number of rotatable bonds is 4. The summed E-state index contributed by atoms with van der Waals surface area (Å²) in [5.41, 5.74) is 7.18. The number of hydrogen-bond donors (Lipinski definition) is 1. The Morgan fingerprint density at radius 1 is 1.22 bits per heavy atom. The predicted molar refractivity (Wildman–Crippen MR) is 73.9 cm³/mol. The van der Waals surface area contributed by atoms with Gasteiger partial charge in [0.1, 0.15) is 5.82 Å². The molecule has 0 amide bonds. The van der Waals surface area contributed by atoms with Gasteiger partial charge in [-0.1, -0.05) is 38.3 Å². The van der Waals surface area contributed by atoms with Crippen molar-refractivity contribution in [2.75, 3.05) is 6.54 Å². The molecule has 100 valence electrons. The van der Waals surface area contributed by atoms with Crippen LogP contribution in [-0.2, 0) is 0 Å².